The van der Waals surface area contributed by atoms with Crippen molar-refractivity contribution in [2.75, 3.05) is 25.0 Å². The highest BCUT2D eigenvalue weighted by Crippen LogP contribution is 2.11. The SMILES string of the molecule is C#Cc1cccc(NC(=O)CC2CNCCO2)c1. The van der Waals surface area contributed by atoms with Crippen LogP contribution in [0.5, 0.6) is 0 Å². The lowest BCUT2D eigenvalue weighted by atomic mass is 10.2. The normalized spacial score (nSPS) is 18.9. The fourth-order valence-electron chi connectivity index (χ4n) is 1.86. The molecule has 1 heterocycles. The van der Waals surface area contributed by atoms with E-state index in [-0.39, 0.29) is 12.0 Å². The van der Waals surface area contributed by atoms with E-state index in [9.17, 15) is 4.79 Å². The summed E-state index contributed by atoms with van der Waals surface area (Å²) in [6, 6.07) is 7.24. The lowest BCUT2D eigenvalue weighted by Gasteiger charge is -2.23. The van der Waals surface area contributed by atoms with Crippen molar-refractivity contribution in [3.05, 3.63) is 29.8 Å². The van der Waals surface area contributed by atoms with Crippen LogP contribution in [0.15, 0.2) is 24.3 Å². The third-order valence-corrected chi connectivity index (χ3v) is 2.73. The molecule has 4 nitrogen and oxygen atoms in total. The lowest BCUT2D eigenvalue weighted by molar-refractivity contribution is -0.119. The maximum atomic E-state index is 11.8. The minimum Gasteiger partial charge on any atom is -0.375 e. The molecule has 1 aromatic rings. The van der Waals surface area contributed by atoms with E-state index in [4.69, 9.17) is 11.2 Å². The largest absolute Gasteiger partial charge is 0.375 e. The van der Waals surface area contributed by atoms with Gasteiger partial charge in [-0.05, 0) is 18.2 Å². The highest BCUT2D eigenvalue weighted by molar-refractivity contribution is 5.91. The second-order valence-electron chi connectivity index (χ2n) is 4.17. The van der Waals surface area contributed by atoms with Gasteiger partial charge in [-0.15, -0.1) is 6.42 Å². The van der Waals surface area contributed by atoms with Gasteiger partial charge in [-0.3, -0.25) is 4.79 Å². The summed E-state index contributed by atoms with van der Waals surface area (Å²) in [6.07, 6.45) is 5.62. The summed E-state index contributed by atoms with van der Waals surface area (Å²) < 4.78 is 5.48. The molecule has 1 unspecified atom stereocenters. The van der Waals surface area contributed by atoms with Crippen LogP contribution in [-0.2, 0) is 9.53 Å². The van der Waals surface area contributed by atoms with Crippen molar-refractivity contribution in [2.45, 2.75) is 12.5 Å². The number of morpholine rings is 1. The van der Waals surface area contributed by atoms with E-state index in [0.717, 1.165) is 24.3 Å². The van der Waals surface area contributed by atoms with Gasteiger partial charge < -0.3 is 15.4 Å². The van der Waals surface area contributed by atoms with Crippen molar-refractivity contribution in [2.24, 2.45) is 0 Å². The average Bonchev–Trinajstić information content (AvgIpc) is 2.40. The number of amides is 1. The molecule has 2 N–H and O–H groups in total. The molecule has 0 aromatic heterocycles. The summed E-state index contributed by atoms with van der Waals surface area (Å²) in [5.41, 5.74) is 1.47. The number of hydrogen-bond donors (Lipinski definition) is 2. The molecule has 0 saturated carbocycles. The van der Waals surface area contributed by atoms with E-state index < -0.39 is 0 Å². The topological polar surface area (TPSA) is 50.4 Å². The van der Waals surface area contributed by atoms with E-state index in [1.165, 1.54) is 0 Å². The van der Waals surface area contributed by atoms with Gasteiger partial charge >= 0.3 is 0 Å². The Morgan fingerprint density at radius 1 is 1.61 bits per heavy atom. The highest BCUT2D eigenvalue weighted by Gasteiger charge is 2.17. The van der Waals surface area contributed by atoms with Crippen molar-refractivity contribution in [3.63, 3.8) is 0 Å². The Hall–Kier alpha value is -1.83. The van der Waals surface area contributed by atoms with E-state index in [1.54, 1.807) is 6.07 Å². The molecular formula is C14H16N2O2. The van der Waals surface area contributed by atoms with Crippen LogP contribution in [0, 0.1) is 12.3 Å². The Bertz CT molecular complexity index is 459. The van der Waals surface area contributed by atoms with Crippen molar-refractivity contribution < 1.29 is 9.53 Å². The Morgan fingerprint density at radius 2 is 2.50 bits per heavy atom. The van der Waals surface area contributed by atoms with E-state index >= 15 is 0 Å². The number of terminal acetylenes is 1. The molecule has 0 aliphatic carbocycles. The van der Waals surface area contributed by atoms with Gasteiger partial charge in [0.1, 0.15) is 0 Å². The monoisotopic (exact) mass is 244 g/mol. The summed E-state index contributed by atoms with van der Waals surface area (Å²) in [7, 11) is 0. The number of carbonyl (C=O) groups excluding carboxylic acids is 1. The molecule has 1 aliphatic rings. The molecule has 1 saturated heterocycles. The van der Waals surface area contributed by atoms with E-state index in [2.05, 4.69) is 16.6 Å². The van der Waals surface area contributed by atoms with Gasteiger partial charge in [-0.2, -0.15) is 0 Å². The molecule has 18 heavy (non-hydrogen) atoms. The number of anilines is 1. The number of hydrogen-bond acceptors (Lipinski definition) is 3. The van der Waals surface area contributed by atoms with Crippen LogP contribution in [0.1, 0.15) is 12.0 Å². The minimum atomic E-state index is -0.0575. The number of ether oxygens (including phenoxy) is 1. The quantitative estimate of drug-likeness (QED) is 0.779. The van der Waals surface area contributed by atoms with Crippen LogP contribution < -0.4 is 10.6 Å². The molecule has 4 heteroatoms. The summed E-state index contributed by atoms with van der Waals surface area (Å²) >= 11 is 0. The van der Waals surface area contributed by atoms with Crippen molar-refractivity contribution in [1.82, 2.24) is 5.32 Å². The summed E-state index contributed by atoms with van der Waals surface area (Å²) in [5.74, 6) is 2.48. The number of nitrogens with one attached hydrogen (secondary N) is 2. The maximum Gasteiger partial charge on any atom is 0.227 e. The smallest absolute Gasteiger partial charge is 0.227 e. The molecule has 1 aliphatic heterocycles. The van der Waals surface area contributed by atoms with Gasteiger partial charge in [0.25, 0.3) is 0 Å². The van der Waals surface area contributed by atoms with Crippen molar-refractivity contribution in [3.8, 4) is 12.3 Å². The summed E-state index contributed by atoms with van der Waals surface area (Å²) in [4.78, 5) is 11.8. The second kappa shape index (κ2) is 6.20. The molecule has 1 aromatic carbocycles. The third-order valence-electron chi connectivity index (χ3n) is 2.73. The van der Waals surface area contributed by atoms with Crippen LogP contribution in [0.2, 0.25) is 0 Å². The first kappa shape index (κ1) is 12.6. The lowest BCUT2D eigenvalue weighted by Crippen LogP contribution is -2.40. The summed E-state index contributed by atoms with van der Waals surface area (Å²) in [5, 5.41) is 6.01. The molecule has 1 atom stereocenters. The zero-order chi connectivity index (χ0) is 12.8. The standard InChI is InChI=1S/C14H16N2O2/c1-2-11-4-3-5-12(8-11)16-14(17)9-13-10-15-6-7-18-13/h1,3-5,8,13,15H,6-7,9-10H2,(H,16,17). The molecule has 1 fully saturated rings. The van der Waals surface area contributed by atoms with E-state index in [1.807, 2.05) is 18.2 Å². The van der Waals surface area contributed by atoms with E-state index in [0.29, 0.717) is 13.0 Å². The molecule has 94 valence electrons. The third kappa shape index (κ3) is 3.59. The Labute approximate surface area is 107 Å². The fraction of sp³-hybridized carbons (Fsp3) is 0.357. The first-order valence-electron chi connectivity index (χ1n) is 5.97. The van der Waals surface area contributed by atoms with Gasteiger partial charge in [0, 0.05) is 24.3 Å². The van der Waals surface area contributed by atoms with Gasteiger partial charge in [0.15, 0.2) is 0 Å². The first-order chi connectivity index (χ1) is 8.78. The van der Waals surface area contributed by atoms with Crippen LogP contribution >= 0.6 is 0 Å². The number of rotatable bonds is 3. The van der Waals surface area contributed by atoms with Gasteiger partial charge in [0.2, 0.25) is 5.91 Å². The van der Waals surface area contributed by atoms with Crippen LogP contribution in [-0.4, -0.2) is 31.7 Å². The van der Waals surface area contributed by atoms with Crippen LogP contribution in [0.3, 0.4) is 0 Å². The maximum absolute atomic E-state index is 11.8. The fourth-order valence-corrected chi connectivity index (χ4v) is 1.86. The zero-order valence-electron chi connectivity index (χ0n) is 10.1. The highest BCUT2D eigenvalue weighted by atomic mass is 16.5. The first-order valence-corrected chi connectivity index (χ1v) is 5.97. The van der Waals surface area contributed by atoms with Crippen LogP contribution in [0.4, 0.5) is 5.69 Å². The summed E-state index contributed by atoms with van der Waals surface area (Å²) in [6.45, 7) is 2.23. The number of benzene rings is 1. The zero-order valence-corrected chi connectivity index (χ0v) is 10.1. The Morgan fingerprint density at radius 3 is 3.22 bits per heavy atom. The molecule has 1 amide bonds. The van der Waals surface area contributed by atoms with Crippen LogP contribution in [0.25, 0.3) is 0 Å². The molecule has 0 bridgehead atoms. The predicted molar refractivity (Wildman–Crippen MR) is 70.2 cm³/mol. The Kier molecular flexibility index (Phi) is 4.35. The van der Waals surface area contributed by atoms with Crippen molar-refractivity contribution in [1.29, 1.82) is 0 Å². The molecule has 2 rings (SSSR count). The van der Waals surface area contributed by atoms with Gasteiger partial charge in [0.05, 0.1) is 19.1 Å². The molecular weight excluding hydrogens is 228 g/mol. The minimum absolute atomic E-state index is 0.0467. The second-order valence-corrected chi connectivity index (χ2v) is 4.17. The molecule has 0 spiro atoms. The Balaban J connectivity index is 1.88. The predicted octanol–water partition coefficient (Wildman–Crippen LogP) is 0.985. The molecule has 0 radical (unpaired) electrons. The number of carbonyl (C=O) groups is 1. The average molecular weight is 244 g/mol. The van der Waals surface area contributed by atoms with Gasteiger partial charge in [-0.25, -0.2) is 0 Å². The van der Waals surface area contributed by atoms with Crippen molar-refractivity contribution >= 4 is 11.6 Å². The van der Waals surface area contributed by atoms with Gasteiger partial charge in [-0.1, -0.05) is 12.0 Å².